The van der Waals surface area contributed by atoms with Crippen molar-refractivity contribution in [3.05, 3.63) is 158 Å². The van der Waals surface area contributed by atoms with E-state index in [-0.39, 0.29) is 41.5 Å². The molecule has 0 aliphatic heterocycles. The largest absolute Gasteiger partial charge is 0.416 e. The summed E-state index contributed by atoms with van der Waals surface area (Å²) in [5.41, 5.74) is 14.3. The molecule has 0 aromatic heterocycles. The summed E-state index contributed by atoms with van der Waals surface area (Å²) in [6, 6.07) is 7.92. The van der Waals surface area contributed by atoms with Crippen LogP contribution in [-0.4, -0.2) is 12.2 Å². The lowest BCUT2D eigenvalue weighted by Crippen LogP contribution is -2.40. The highest BCUT2D eigenvalue weighted by molar-refractivity contribution is 5.88. The van der Waals surface area contributed by atoms with Crippen LogP contribution in [0.1, 0.15) is 106 Å². The van der Waals surface area contributed by atoms with Crippen molar-refractivity contribution >= 4 is 16.9 Å². The molecule has 8 heteroatoms. The van der Waals surface area contributed by atoms with Gasteiger partial charge in [0.1, 0.15) is 0 Å². The molecule has 2 aromatic carbocycles. The first-order chi connectivity index (χ1) is 28.1. The number of anilines is 2. The Morgan fingerprint density at radius 1 is 0.831 bits per heavy atom. The monoisotopic (exact) mass is 804 g/mol. The quantitative estimate of drug-likeness (QED) is 0.203. The van der Waals surface area contributed by atoms with Gasteiger partial charge in [-0.25, -0.2) is 0 Å². The summed E-state index contributed by atoms with van der Waals surface area (Å²) in [7, 11) is 0. The highest BCUT2D eigenvalue weighted by Crippen LogP contribution is 2.63. The van der Waals surface area contributed by atoms with E-state index in [1.807, 2.05) is 0 Å². The van der Waals surface area contributed by atoms with Crippen LogP contribution in [0.2, 0.25) is 0 Å². The zero-order chi connectivity index (χ0) is 41.2. The Hall–Kier alpha value is -4.72. The van der Waals surface area contributed by atoms with Crippen LogP contribution in [0.4, 0.5) is 37.7 Å². The standard InChI is InChI=1S/C51H50F6N2/c1-29(2)40-28-44(58(33-10-6-5-7-11-33)34-18-14-31(15-19-34)50(52,53)54)41-27-42-45-30(24-25-49(42,3)4)26-43(39-23-22-36(40)46(41)47(39)45)59(48-37-12-8-9-13-38(37)48)35-20-16-32(17-21-35)51(55,56)57/h6,8-16,18-19,26-29,35-37,46H,5,7,17,20-25H2,1-4H3/t35?,36?,37-,46?/m1/s1. The number of aryl methyl sites for hydroxylation is 1. The number of fused-ring (bicyclic) bond motifs is 1. The van der Waals surface area contributed by atoms with E-state index in [1.165, 1.54) is 68.5 Å². The van der Waals surface area contributed by atoms with Crippen LogP contribution in [0.15, 0.2) is 130 Å². The summed E-state index contributed by atoms with van der Waals surface area (Å²) < 4.78 is 83.6. The van der Waals surface area contributed by atoms with Gasteiger partial charge in [-0.1, -0.05) is 81.9 Å². The molecule has 306 valence electrons. The third-order valence-corrected chi connectivity index (χ3v) is 14.4. The number of alkyl halides is 6. The molecule has 0 spiro atoms. The number of rotatable bonds is 7. The maximum absolute atomic E-state index is 14.0. The normalized spacial score (nSPS) is 26.2. The van der Waals surface area contributed by atoms with E-state index in [4.69, 9.17) is 0 Å². The summed E-state index contributed by atoms with van der Waals surface area (Å²) in [5, 5.41) is 0. The van der Waals surface area contributed by atoms with Crippen molar-refractivity contribution in [1.29, 1.82) is 0 Å². The molecular weight excluding hydrogens is 755 g/mol. The molecule has 10 rings (SSSR count). The SMILES string of the molecule is CC(C)C1=CC(N(C2=CCCC=C2)c2ccc(C(F)(F)F)cc2)=C2C=C3c4c(cc(N(C5=C6C=CC=C[C@H]65)C5CC=C(C(F)(F)F)CC5)c5c4C2C1CC5)CCC3(C)C. The zero-order valence-electron chi connectivity index (χ0n) is 34.1. The number of benzene rings is 2. The fourth-order valence-electron chi connectivity index (χ4n) is 11.4. The second kappa shape index (κ2) is 13.7. The van der Waals surface area contributed by atoms with Crippen LogP contribution in [0.5, 0.6) is 0 Å². The minimum atomic E-state index is -4.44. The van der Waals surface area contributed by atoms with Crippen molar-refractivity contribution in [3.8, 4) is 0 Å². The van der Waals surface area contributed by atoms with Gasteiger partial charge in [-0.15, -0.1) is 0 Å². The third kappa shape index (κ3) is 6.29. The highest BCUT2D eigenvalue weighted by Gasteiger charge is 2.50. The van der Waals surface area contributed by atoms with E-state index in [0.717, 1.165) is 55.6 Å². The van der Waals surface area contributed by atoms with Gasteiger partial charge in [-0.3, -0.25) is 0 Å². The number of allylic oxidation sites excluding steroid dienone is 14. The molecule has 3 unspecified atom stereocenters. The average molecular weight is 805 g/mol. The predicted molar refractivity (Wildman–Crippen MR) is 224 cm³/mol. The minimum Gasteiger partial charge on any atom is -0.340 e. The summed E-state index contributed by atoms with van der Waals surface area (Å²) >= 11 is 0. The van der Waals surface area contributed by atoms with Gasteiger partial charge >= 0.3 is 12.4 Å². The number of halogens is 6. The summed E-state index contributed by atoms with van der Waals surface area (Å²) in [5.74, 6) is 0.666. The number of hydrogen-bond acceptors (Lipinski definition) is 2. The molecule has 4 atom stereocenters. The first-order valence-corrected chi connectivity index (χ1v) is 21.5. The molecule has 0 fully saturated rings. The maximum atomic E-state index is 14.0. The van der Waals surface area contributed by atoms with E-state index in [9.17, 15) is 26.3 Å². The van der Waals surface area contributed by atoms with Crippen LogP contribution < -0.4 is 9.80 Å². The molecule has 2 aromatic rings. The lowest BCUT2D eigenvalue weighted by Gasteiger charge is -2.50. The van der Waals surface area contributed by atoms with Gasteiger partial charge in [0.2, 0.25) is 0 Å². The molecule has 0 heterocycles. The Morgan fingerprint density at radius 3 is 2.27 bits per heavy atom. The number of hydrogen-bond donors (Lipinski definition) is 0. The second-order valence-electron chi connectivity index (χ2n) is 18.6. The topological polar surface area (TPSA) is 6.48 Å². The third-order valence-electron chi connectivity index (χ3n) is 14.4. The van der Waals surface area contributed by atoms with Crippen molar-refractivity contribution in [2.75, 3.05) is 9.80 Å². The molecule has 0 amide bonds. The van der Waals surface area contributed by atoms with Gasteiger partial charge in [0.05, 0.1) is 5.56 Å². The average Bonchev–Trinajstić information content (AvgIpc) is 3.93. The van der Waals surface area contributed by atoms with E-state index in [0.29, 0.717) is 18.5 Å². The molecule has 8 aliphatic rings. The van der Waals surface area contributed by atoms with Gasteiger partial charge in [0.15, 0.2) is 0 Å². The van der Waals surface area contributed by atoms with Crippen LogP contribution in [0.3, 0.4) is 0 Å². The summed E-state index contributed by atoms with van der Waals surface area (Å²) in [4.78, 5) is 4.66. The van der Waals surface area contributed by atoms with E-state index >= 15 is 0 Å². The Bertz CT molecular complexity index is 2420. The molecule has 0 N–H and O–H groups in total. The van der Waals surface area contributed by atoms with Gasteiger partial charge < -0.3 is 9.80 Å². The molecule has 0 saturated heterocycles. The van der Waals surface area contributed by atoms with E-state index in [1.54, 1.807) is 12.1 Å². The summed E-state index contributed by atoms with van der Waals surface area (Å²) in [6.45, 7) is 9.17. The lowest BCUT2D eigenvalue weighted by molar-refractivity contribution is -0.137. The van der Waals surface area contributed by atoms with Crippen LogP contribution >= 0.6 is 0 Å². The van der Waals surface area contributed by atoms with Crippen LogP contribution in [0.25, 0.3) is 5.57 Å². The molecule has 0 radical (unpaired) electrons. The second-order valence-corrected chi connectivity index (χ2v) is 18.6. The smallest absolute Gasteiger partial charge is 0.340 e. The van der Waals surface area contributed by atoms with Crippen molar-refractivity contribution in [2.24, 2.45) is 23.2 Å². The summed E-state index contributed by atoms with van der Waals surface area (Å²) in [6.07, 6.45) is 18.6. The van der Waals surface area contributed by atoms with Gasteiger partial charge in [0, 0.05) is 51.9 Å². The molecular formula is C51H50F6N2. The van der Waals surface area contributed by atoms with Gasteiger partial charge in [-0.2, -0.15) is 26.3 Å². The Balaban J connectivity index is 1.21. The fourth-order valence-corrected chi connectivity index (χ4v) is 11.4. The molecule has 2 nitrogen and oxygen atoms in total. The van der Waals surface area contributed by atoms with Crippen LogP contribution in [-0.2, 0) is 19.0 Å². The lowest BCUT2D eigenvalue weighted by atomic mass is 9.56. The molecule has 59 heavy (non-hydrogen) atoms. The molecule has 8 aliphatic carbocycles. The predicted octanol–water partition coefficient (Wildman–Crippen LogP) is 14.2. The van der Waals surface area contributed by atoms with Crippen molar-refractivity contribution in [1.82, 2.24) is 0 Å². The number of nitrogens with zero attached hydrogens (tertiary/aromatic N) is 2. The van der Waals surface area contributed by atoms with Gasteiger partial charge in [-0.05, 0) is 156 Å². The Morgan fingerprint density at radius 2 is 1.63 bits per heavy atom. The highest BCUT2D eigenvalue weighted by atomic mass is 19.4. The Kier molecular flexibility index (Phi) is 8.90. The van der Waals surface area contributed by atoms with Crippen molar-refractivity contribution in [3.63, 3.8) is 0 Å². The van der Waals surface area contributed by atoms with Crippen molar-refractivity contribution in [2.45, 2.75) is 110 Å². The minimum absolute atomic E-state index is 0.00536. The molecule has 0 bridgehead atoms. The zero-order valence-corrected chi connectivity index (χ0v) is 34.1. The first kappa shape index (κ1) is 38.5. The van der Waals surface area contributed by atoms with Gasteiger partial charge in [0.25, 0.3) is 0 Å². The fraction of sp³-hybridized carbons (Fsp3) is 0.412. The Labute approximate surface area is 343 Å². The maximum Gasteiger partial charge on any atom is 0.416 e. The van der Waals surface area contributed by atoms with Crippen LogP contribution in [0, 0.1) is 23.2 Å². The first-order valence-electron chi connectivity index (χ1n) is 21.5. The van der Waals surface area contributed by atoms with E-state index < -0.39 is 23.5 Å². The van der Waals surface area contributed by atoms with Crippen molar-refractivity contribution < 1.29 is 26.3 Å². The molecule has 0 saturated carbocycles. The van der Waals surface area contributed by atoms with E-state index in [2.05, 4.69) is 98.2 Å².